The number of aliphatic hydroxyl groups excluding tert-OH is 10. The van der Waals surface area contributed by atoms with Gasteiger partial charge in [-0.05, 0) is 6.42 Å². The Morgan fingerprint density at radius 1 is 0.829 bits per heavy atom. The van der Waals surface area contributed by atoms with Crippen LogP contribution < -0.4 is 5.73 Å². The van der Waals surface area contributed by atoms with Crippen LogP contribution in [-0.4, -0.2) is 180 Å². The SMILES string of the molecule is CCC(OC(=O)C(O)C(O)C(O)C(O)CO)C(CCN1CCOCC1)(OC(=O)C(O)C(O)C(O)C(O)CO)C(N)=O. The second-order valence-electron chi connectivity index (χ2n) is 9.56. The number of carbonyl (C=O) groups excluding carboxylic acids is 3. The Hall–Kier alpha value is -2.07. The minimum absolute atomic E-state index is 0.00921. The van der Waals surface area contributed by atoms with Crippen LogP contribution in [0, 0.1) is 0 Å². The number of morpholine rings is 1. The molecule has 240 valence electrons. The third-order valence-electron chi connectivity index (χ3n) is 6.74. The normalized spacial score (nSPS) is 22.6. The molecule has 10 unspecified atom stereocenters. The van der Waals surface area contributed by atoms with Gasteiger partial charge in [-0.15, -0.1) is 0 Å². The van der Waals surface area contributed by atoms with Crippen LogP contribution in [0.15, 0.2) is 0 Å². The number of nitrogens with zero attached hydrogens (tertiary/aromatic N) is 1. The molecule has 0 aromatic rings. The lowest BCUT2D eigenvalue weighted by molar-refractivity contribution is -0.210. The van der Waals surface area contributed by atoms with Crippen LogP contribution in [0.3, 0.4) is 0 Å². The average molecular weight is 603 g/mol. The predicted molar refractivity (Wildman–Crippen MR) is 132 cm³/mol. The lowest BCUT2D eigenvalue weighted by Crippen LogP contribution is -2.61. The van der Waals surface area contributed by atoms with Crippen molar-refractivity contribution in [2.45, 2.75) is 80.3 Å². The molecule has 1 heterocycles. The Labute approximate surface area is 235 Å². The summed E-state index contributed by atoms with van der Waals surface area (Å²) in [6, 6.07) is 0. The highest BCUT2D eigenvalue weighted by atomic mass is 16.6. The van der Waals surface area contributed by atoms with Crippen molar-refractivity contribution in [2.75, 3.05) is 46.1 Å². The van der Waals surface area contributed by atoms with E-state index in [-0.39, 0.29) is 13.0 Å². The highest BCUT2D eigenvalue weighted by Gasteiger charge is 2.52. The van der Waals surface area contributed by atoms with E-state index in [1.165, 1.54) is 6.92 Å². The highest BCUT2D eigenvalue weighted by Crippen LogP contribution is 2.29. The maximum absolute atomic E-state index is 12.9. The maximum atomic E-state index is 12.9. The van der Waals surface area contributed by atoms with Crippen LogP contribution in [0.1, 0.15) is 19.8 Å². The zero-order valence-electron chi connectivity index (χ0n) is 22.5. The number of esters is 2. The van der Waals surface area contributed by atoms with Crippen molar-refractivity contribution in [1.29, 1.82) is 0 Å². The lowest BCUT2D eigenvalue weighted by Gasteiger charge is -2.39. The molecule has 0 bridgehead atoms. The molecule has 0 radical (unpaired) electrons. The molecular weight excluding hydrogens is 560 g/mol. The molecule has 18 heteroatoms. The van der Waals surface area contributed by atoms with Gasteiger partial charge in [-0.2, -0.15) is 0 Å². The van der Waals surface area contributed by atoms with Crippen LogP contribution in [0.2, 0.25) is 0 Å². The summed E-state index contributed by atoms with van der Waals surface area (Å²) in [6.07, 6.45) is -20.8. The Balaban J connectivity index is 3.34. The fourth-order valence-electron chi connectivity index (χ4n) is 4.04. The highest BCUT2D eigenvalue weighted by molar-refractivity contribution is 5.89. The van der Waals surface area contributed by atoms with Gasteiger partial charge in [0.15, 0.2) is 18.3 Å². The van der Waals surface area contributed by atoms with E-state index in [2.05, 4.69) is 0 Å². The second kappa shape index (κ2) is 17.1. The van der Waals surface area contributed by atoms with Gasteiger partial charge >= 0.3 is 11.9 Å². The monoisotopic (exact) mass is 602 g/mol. The Morgan fingerprint density at radius 3 is 1.71 bits per heavy atom. The van der Waals surface area contributed by atoms with Crippen molar-refractivity contribution >= 4 is 17.8 Å². The summed E-state index contributed by atoms with van der Waals surface area (Å²) >= 11 is 0. The van der Waals surface area contributed by atoms with Crippen LogP contribution in [0.4, 0.5) is 0 Å². The standard InChI is InChI=1S/C23H42N2O16/c1-2-13(40-20(36)18(34)16(32)14(30)11(28)9-26)23(22(24)38,3-4-25-5-7-39-8-6-25)41-21(37)19(35)17(33)15(31)12(29)10-27/h11-19,26-35H,2-10H2,1H3,(H2,24,38). The van der Waals surface area contributed by atoms with E-state index >= 15 is 0 Å². The van der Waals surface area contributed by atoms with Gasteiger partial charge in [-0.1, -0.05) is 6.92 Å². The molecule has 10 atom stereocenters. The Kier molecular flexibility index (Phi) is 15.5. The largest absolute Gasteiger partial charge is 0.456 e. The third kappa shape index (κ3) is 9.73. The van der Waals surface area contributed by atoms with Crippen molar-refractivity contribution < 1.29 is 79.7 Å². The van der Waals surface area contributed by atoms with Gasteiger partial charge < -0.3 is 71.0 Å². The molecule has 0 aliphatic carbocycles. The number of primary amides is 1. The third-order valence-corrected chi connectivity index (χ3v) is 6.74. The fraction of sp³-hybridized carbons (Fsp3) is 0.870. The molecule has 0 aromatic carbocycles. The fourth-order valence-corrected chi connectivity index (χ4v) is 4.04. The number of rotatable bonds is 18. The zero-order valence-corrected chi connectivity index (χ0v) is 22.5. The minimum atomic E-state index is -2.59. The summed E-state index contributed by atoms with van der Waals surface area (Å²) in [4.78, 5) is 40.2. The molecule has 1 aliphatic heterocycles. The van der Waals surface area contributed by atoms with Crippen LogP contribution in [0.25, 0.3) is 0 Å². The number of carbonyl (C=O) groups is 3. The number of aliphatic hydroxyl groups is 10. The zero-order chi connectivity index (χ0) is 31.5. The number of hydrogen-bond donors (Lipinski definition) is 11. The first-order valence-electron chi connectivity index (χ1n) is 12.9. The molecule has 1 amide bonds. The predicted octanol–water partition coefficient (Wildman–Crippen LogP) is -7.33. The van der Waals surface area contributed by atoms with Gasteiger partial charge in [-0.3, -0.25) is 9.69 Å². The molecule has 18 nitrogen and oxygen atoms in total. The molecule has 0 aromatic heterocycles. The maximum Gasteiger partial charge on any atom is 0.339 e. The molecule has 1 fully saturated rings. The van der Waals surface area contributed by atoms with E-state index in [0.29, 0.717) is 26.3 Å². The number of nitrogens with two attached hydrogens (primary N) is 1. The van der Waals surface area contributed by atoms with Gasteiger partial charge in [0.05, 0.1) is 26.4 Å². The average Bonchev–Trinajstić information content (AvgIpc) is 2.98. The quantitative estimate of drug-likeness (QED) is 0.0649. The molecule has 1 rings (SSSR count). The smallest absolute Gasteiger partial charge is 0.339 e. The van der Waals surface area contributed by atoms with Crippen LogP contribution >= 0.6 is 0 Å². The molecular formula is C23H42N2O16. The summed E-state index contributed by atoms with van der Waals surface area (Å²) in [5.74, 6) is -4.77. The molecule has 0 spiro atoms. The van der Waals surface area contributed by atoms with Crippen molar-refractivity contribution in [1.82, 2.24) is 4.90 Å². The summed E-state index contributed by atoms with van der Waals surface area (Å²) in [5.41, 5.74) is 3.03. The molecule has 1 aliphatic rings. The summed E-state index contributed by atoms with van der Waals surface area (Å²) < 4.78 is 15.7. The molecule has 1 saturated heterocycles. The van der Waals surface area contributed by atoms with Crippen molar-refractivity contribution in [3.63, 3.8) is 0 Å². The van der Waals surface area contributed by atoms with E-state index in [0.717, 1.165) is 0 Å². The van der Waals surface area contributed by atoms with E-state index in [1.54, 1.807) is 4.90 Å². The second-order valence-corrected chi connectivity index (χ2v) is 9.56. The van der Waals surface area contributed by atoms with Crippen molar-refractivity contribution in [3.8, 4) is 0 Å². The number of amides is 1. The summed E-state index contributed by atoms with van der Waals surface area (Å²) in [5, 5.41) is 97.2. The van der Waals surface area contributed by atoms with E-state index in [4.69, 9.17) is 30.2 Å². The van der Waals surface area contributed by atoms with Crippen molar-refractivity contribution in [2.24, 2.45) is 5.73 Å². The minimum Gasteiger partial charge on any atom is -0.456 e. The first-order chi connectivity index (χ1) is 19.2. The van der Waals surface area contributed by atoms with E-state index in [9.17, 15) is 55.2 Å². The number of hydrogen-bond acceptors (Lipinski definition) is 17. The van der Waals surface area contributed by atoms with Gasteiger partial charge in [-0.25, -0.2) is 9.59 Å². The van der Waals surface area contributed by atoms with Gasteiger partial charge in [0, 0.05) is 26.1 Å². The van der Waals surface area contributed by atoms with Gasteiger partial charge in [0.25, 0.3) is 5.91 Å². The van der Waals surface area contributed by atoms with E-state index < -0.39 is 98.0 Å². The molecule has 0 saturated carbocycles. The summed E-state index contributed by atoms with van der Waals surface area (Å²) in [6.45, 7) is 0.719. The lowest BCUT2D eigenvalue weighted by atomic mass is 9.88. The van der Waals surface area contributed by atoms with Crippen LogP contribution in [-0.2, 0) is 28.6 Å². The number of ether oxygens (including phenoxy) is 3. The topological polar surface area (TPSA) is 310 Å². The first kappa shape index (κ1) is 37.0. The molecule has 12 N–H and O–H groups in total. The molecule has 41 heavy (non-hydrogen) atoms. The van der Waals surface area contributed by atoms with E-state index in [1.807, 2.05) is 0 Å². The van der Waals surface area contributed by atoms with Gasteiger partial charge in [0.2, 0.25) is 5.60 Å². The Bertz CT molecular complexity index is 829. The van der Waals surface area contributed by atoms with Crippen molar-refractivity contribution in [3.05, 3.63) is 0 Å². The first-order valence-corrected chi connectivity index (χ1v) is 12.9. The van der Waals surface area contributed by atoms with Crippen LogP contribution in [0.5, 0.6) is 0 Å². The summed E-state index contributed by atoms with van der Waals surface area (Å²) in [7, 11) is 0. The van der Waals surface area contributed by atoms with Gasteiger partial charge in [0.1, 0.15) is 36.6 Å². The Morgan fingerprint density at radius 2 is 1.29 bits per heavy atom.